The minimum absolute atomic E-state index is 0.104. The van der Waals surface area contributed by atoms with Gasteiger partial charge in [0.15, 0.2) is 5.76 Å². The van der Waals surface area contributed by atoms with E-state index in [0.29, 0.717) is 46.0 Å². The average Bonchev–Trinajstić information content (AvgIpc) is 3.23. The van der Waals surface area contributed by atoms with Gasteiger partial charge in [0.1, 0.15) is 5.58 Å². The first-order valence-electron chi connectivity index (χ1n) is 10.2. The van der Waals surface area contributed by atoms with Gasteiger partial charge in [0.25, 0.3) is 5.91 Å². The third-order valence-corrected chi connectivity index (χ3v) is 6.57. The number of halogens is 3. The summed E-state index contributed by atoms with van der Waals surface area (Å²) in [7, 11) is 0. The van der Waals surface area contributed by atoms with Gasteiger partial charge in [0, 0.05) is 35.1 Å². The fraction of sp³-hybridized carbons (Fsp3) is 0.160. The fourth-order valence-electron chi connectivity index (χ4n) is 4.18. The van der Waals surface area contributed by atoms with Crippen LogP contribution >= 0.6 is 34.8 Å². The molecule has 1 fully saturated rings. The Morgan fingerprint density at radius 3 is 2.38 bits per heavy atom. The second-order valence-corrected chi connectivity index (χ2v) is 9.04. The predicted octanol–water partition coefficient (Wildman–Crippen LogP) is 7.10. The molecule has 1 unspecified atom stereocenters. The maximum Gasteiger partial charge on any atom is 0.289 e. The zero-order valence-electron chi connectivity index (χ0n) is 17.0. The fourth-order valence-corrected chi connectivity index (χ4v) is 4.83. The summed E-state index contributed by atoms with van der Waals surface area (Å²) in [5.74, 6) is 0.223. The Morgan fingerprint density at radius 2 is 1.62 bits per heavy atom. The second kappa shape index (κ2) is 8.70. The number of nitrogens with zero attached hydrogens (tertiary/aromatic N) is 2. The topological polar surface area (TPSA) is 36.7 Å². The van der Waals surface area contributed by atoms with Gasteiger partial charge >= 0.3 is 0 Å². The van der Waals surface area contributed by atoms with Crippen LogP contribution in [0.5, 0.6) is 0 Å². The van der Waals surface area contributed by atoms with Crippen LogP contribution in [0, 0.1) is 0 Å². The number of rotatable bonds is 3. The van der Waals surface area contributed by atoms with Crippen molar-refractivity contribution in [3.63, 3.8) is 0 Å². The van der Waals surface area contributed by atoms with Crippen molar-refractivity contribution < 1.29 is 9.21 Å². The van der Waals surface area contributed by atoms with Crippen LogP contribution in [0.15, 0.2) is 77.2 Å². The monoisotopic (exact) mass is 484 g/mol. The van der Waals surface area contributed by atoms with Crippen molar-refractivity contribution in [1.82, 2.24) is 4.90 Å². The average molecular weight is 486 g/mol. The lowest BCUT2D eigenvalue weighted by atomic mass is 10.0. The van der Waals surface area contributed by atoms with Crippen molar-refractivity contribution in [1.29, 1.82) is 0 Å². The number of piperazine rings is 1. The molecular formula is C25H19Cl3N2O2. The van der Waals surface area contributed by atoms with Crippen molar-refractivity contribution in [3.8, 4) is 0 Å². The van der Waals surface area contributed by atoms with Gasteiger partial charge in [-0.3, -0.25) is 4.79 Å². The van der Waals surface area contributed by atoms with E-state index in [1.807, 2.05) is 65.6 Å². The first-order valence-corrected chi connectivity index (χ1v) is 11.4. The molecule has 1 aliphatic heterocycles. The molecule has 0 bridgehead atoms. The number of furan rings is 1. The zero-order valence-corrected chi connectivity index (χ0v) is 19.2. The molecule has 0 radical (unpaired) electrons. The van der Waals surface area contributed by atoms with Crippen molar-refractivity contribution >= 4 is 57.4 Å². The number of carbonyl (C=O) groups is 1. The summed E-state index contributed by atoms with van der Waals surface area (Å²) in [5.41, 5.74) is 2.63. The minimum atomic E-state index is -0.123. The molecule has 0 aliphatic carbocycles. The van der Waals surface area contributed by atoms with Gasteiger partial charge in [-0.25, -0.2) is 0 Å². The largest absolute Gasteiger partial charge is 0.451 e. The van der Waals surface area contributed by atoms with E-state index in [4.69, 9.17) is 39.2 Å². The SMILES string of the molecule is O=C(c1cc2ccccc2o1)N1CCN(c2ccc(Cl)cc2Cl)C(c2ccc(Cl)cc2)C1. The number of anilines is 1. The number of carbonyl (C=O) groups excluding carboxylic acids is 1. The summed E-state index contributed by atoms with van der Waals surface area (Å²) in [6.45, 7) is 1.63. The van der Waals surface area contributed by atoms with E-state index >= 15 is 0 Å². The first kappa shape index (κ1) is 21.2. The summed E-state index contributed by atoms with van der Waals surface area (Å²) in [4.78, 5) is 17.3. The number of amides is 1. The van der Waals surface area contributed by atoms with Gasteiger partial charge < -0.3 is 14.2 Å². The Kier molecular flexibility index (Phi) is 5.76. The molecule has 0 spiro atoms. The van der Waals surface area contributed by atoms with Crippen molar-refractivity contribution in [2.75, 3.05) is 24.5 Å². The van der Waals surface area contributed by atoms with Gasteiger partial charge in [0.05, 0.1) is 16.8 Å². The van der Waals surface area contributed by atoms with Crippen molar-refractivity contribution in [2.24, 2.45) is 0 Å². The molecule has 4 nitrogen and oxygen atoms in total. The molecule has 1 amide bonds. The van der Waals surface area contributed by atoms with Crippen molar-refractivity contribution in [3.05, 3.63) is 99.2 Å². The Morgan fingerprint density at radius 1 is 0.875 bits per heavy atom. The third-order valence-electron chi connectivity index (χ3n) is 5.78. The van der Waals surface area contributed by atoms with E-state index in [2.05, 4.69) is 4.90 Å². The summed E-state index contributed by atoms with van der Waals surface area (Å²) >= 11 is 18.8. The lowest BCUT2D eigenvalue weighted by Gasteiger charge is -2.43. The molecule has 2 heterocycles. The van der Waals surface area contributed by atoms with Crippen LogP contribution in [-0.4, -0.2) is 30.4 Å². The number of hydrogen-bond donors (Lipinski definition) is 0. The second-order valence-electron chi connectivity index (χ2n) is 7.76. The van der Waals surface area contributed by atoms with E-state index in [9.17, 15) is 4.79 Å². The molecule has 1 atom stereocenters. The maximum absolute atomic E-state index is 13.3. The number of fused-ring (bicyclic) bond motifs is 1. The van der Waals surface area contributed by atoms with Crippen LogP contribution in [0.25, 0.3) is 11.0 Å². The van der Waals surface area contributed by atoms with Crippen LogP contribution in [0.1, 0.15) is 22.2 Å². The highest BCUT2D eigenvalue weighted by molar-refractivity contribution is 6.36. The summed E-state index contributed by atoms with van der Waals surface area (Å²) in [6.07, 6.45) is 0. The zero-order chi connectivity index (χ0) is 22.2. The summed E-state index contributed by atoms with van der Waals surface area (Å²) in [5, 5.41) is 2.74. The normalized spacial score (nSPS) is 16.5. The van der Waals surface area contributed by atoms with E-state index in [-0.39, 0.29) is 11.9 Å². The molecule has 4 aromatic rings. The van der Waals surface area contributed by atoms with E-state index in [1.54, 1.807) is 12.1 Å². The molecule has 162 valence electrons. The summed E-state index contributed by atoms with van der Waals surface area (Å²) < 4.78 is 5.83. The minimum Gasteiger partial charge on any atom is -0.451 e. The molecule has 0 saturated carbocycles. The molecule has 0 N–H and O–H groups in total. The number of para-hydroxylation sites is 1. The highest BCUT2D eigenvalue weighted by Gasteiger charge is 2.33. The van der Waals surface area contributed by atoms with Crippen LogP contribution in [0.2, 0.25) is 15.1 Å². The number of benzene rings is 3. The van der Waals surface area contributed by atoms with Gasteiger partial charge in [-0.1, -0.05) is 65.1 Å². The first-order chi connectivity index (χ1) is 15.5. The molecule has 7 heteroatoms. The Bertz CT molecular complexity index is 1250. The smallest absolute Gasteiger partial charge is 0.289 e. The van der Waals surface area contributed by atoms with Gasteiger partial charge in [-0.05, 0) is 48.0 Å². The molecule has 1 saturated heterocycles. The molecule has 1 aliphatic rings. The molecule has 32 heavy (non-hydrogen) atoms. The van der Waals surface area contributed by atoms with Gasteiger partial charge in [0.2, 0.25) is 0 Å². The summed E-state index contributed by atoms with van der Waals surface area (Å²) in [6, 6.07) is 22.5. The Balaban J connectivity index is 1.48. The standard InChI is InChI=1S/C25H19Cl3N2O2/c26-18-7-5-16(6-8-18)22-15-29(11-12-30(22)21-10-9-19(27)14-20(21)28)25(31)24-13-17-3-1-2-4-23(17)32-24/h1-10,13-14,22H,11-12,15H2. The molecule has 5 rings (SSSR count). The van der Waals surface area contributed by atoms with E-state index in [1.165, 1.54) is 0 Å². The lowest BCUT2D eigenvalue weighted by Crippen LogP contribution is -2.50. The number of hydrogen-bond acceptors (Lipinski definition) is 3. The maximum atomic E-state index is 13.3. The van der Waals surface area contributed by atoms with Gasteiger partial charge in [-0.15, -0.1) is 0 Å². The van der Waals surface area contributed by atoms with Crippen molar-refractivity contribution in [2.45, 2.75) is 6.04 Å². The Hall–Kier alpha value is -2.66. The van der Waals surface area contributed by atoms with E-state index < -0.39 is 0 Å². The van der Waals surface area contributed by atoms with Crippen LogP contribution in [0.4, 0.5) is 5.69 Å². The predicted molar refractivity (Wildman–Crippen MR) is 130 cm³/mol. The highest BCUT2D eigenvalue weighted by Crippen LogP contribution is 2.37. The van der Waals surface area contributed by atoms with Gasteiger partial charge in [-0.2, -0.15) is 0 Å². The van der Waals surface area contributed by atoms with Crippen LogP contribution in [-0.2, 0) is 0 Å². The van der Waals surface area contributed by atoms with E-state index in [0.717, 1.165) is 16.6 Å². The molecule has 1 aromatic heterocycles. The highest BCUT2D eigenvalue weighted by atomic mass is 35.5. The third kappa shape index (κ3) is 4.06. The quantitative estimate of drug-likeness (QED) is 0.311. The molecule has 3 aromatic carbocycles. The molecular weight excluding hydrogens is 467 g/mol. The van der Waals surface area contributed by atoms with Crippen LogP contribution in [0.3, 0.4) is 0 Å². The lowest BCUT2D eigenvalue weighted by molar-refractivity contribution is 0.0692. The van der Waals surface area contributed by atoms with Crippen LogP contribution < -0.4 is 4.90 Å². The Labute approximate surface area is 200 Å².